The molecule has 4 heteroatoms. The molecule has 0 rings (SSSR count). The molecule has 0 aromatic rings. The first kappa shape index (κ1) is 8.72. The summed E-state index contributed by atoms with van der Waals surface area (Å²) in [5.41, 5.74) is 5.01. The molecule has 0 atom stereocenters. The zero-order chi connectivity index (χ0) is 7.28. The standard InChI is InChI=1S/C5H6BrClN2/c1-2-4(6)3-9-5(7)8/h2-3H,1H2,(H2,8,9)/b4-3+. The normalized spacial score (nSPS) is 13.6. The van der Waals surface area contributed by atoms with Crippen molar-refractivity contribution in [3.8, 4) is 0 Å². The van der Waals surface area contributed by atoms with E-state index >= 15 is 0 Å². The second-order valence-electron chi connectivity index (χ2n) is 1.17. The average molecular weight is 209 g/mol. The largest absolute Gasteiger partial charge is 0.374 e. The number of hydrogen-bond acceptors (Lipinski definition) is 1. The van der Waals surface area contributed by atoms with Gasteiger partial charge in [-0.2, -0.15) is 0 Å². The molecule has 0 aromatic heterocycles. The predicted octanol–water partition coefficient (Wildman–Crippen LogP) is 1.96. The van der Waals surface area contributed by atoms with Crippen molar-refractivity contribution in [2.45, 2.75) is 0 Å². The van der Waals surface area contributed by atoms with Gasteiger partial charge in [-0.1, -0.05) is 12.7 Å². The van der Waals surface area contributed by atoms with Gasteiger partial charge >= 0.3 is 0 Å². The Morgan fingerprint density at radius 1 is 1.78 bits per heavy atom. The Hall–Kier alpha value is -0.280. The van der Waals surface area contributed by atoms with Crippen molar-refractivity contribution in [2.24, 2.45) is 10.7 Å². The summed E-state index contributed by atoms with van der Waals surface area (Å²) in [6.45, 7) is 3.47. The highest BCUT2D eigenvalue weighted by molar-refractivity contribution is 9.11. The Morgan fingerprint density at radius 2 is 2.33 bits per heavy atom. The lowest BCUT2D eigenvalue weighted by Crippen LogP contribution is -1.99. The fourth-order valence-electron chi connectivity index (χ4n) is 0.176. The van der Waals surface area contributed by atoms with Crippen molar-refractivity contribution < 1.29 is 0 Å². The topological polar surface area (TPSA) is 38.4 Å². The molecule has 0 amide bonds. The van der Waals surface area contributed by atoms with Gasteiger partial charge in [-0.15, -0.1) is 0 Å². The van der Waals surface area contributed by atoms with Crippen LogP contribution in [0.15, 0.2) is 28.3 Å². The van der Waals surface area contributed by atoms with Gasteiger partial charge in [-0.25, -0.2) is 4.99 Å². The molecule has 0 fully saturated rings. The smallest absolute Gasteiger partial charge is 0.193 e. The van der Waals surface area contributed by atoms with E-state index in [1.54, 1.807) is 6.08 Å². The van der Waals surface area contributed by atoms with Crippen LogP contribution in [0.5, 0.6) is 0 Å². The molecule has 0 aliphatic rings. The molecule has 0 aromatic carbocycles. The van der Waals surface area contributed by atoms with Crippen molar-refractivity contribution in [3.05, 3.63) is 23.3 Å². The van der Waals surface area contributed by atoms with Crippen LogP contribution >= 0.6 is 27.5 Å². The number of nitrogens with two attached hydrogens (primary N) is 1. The van der Waals surface area contributed by atoms with Gasteiger partial charge in [0.15, 0.2) is 5.29 Å². The molecule has 0 saturated carbocycles. The summed E-state index contributed by atoms with van der Waals surface area (Å²) < 4.78 is 0.742. The Balaban J connectivity index is 3.98. The highest BCUT2D eigenvalue weighted by atomic mass is 79.9. The summed E-state index contributed by atoms with van der Waals surface area (Å²) in [6, 6.07) is 0. The van der Waals surface area contributed by atoms with E-state index in [0.717, 1.165) is 4.48 Å². The van der Waals surface area contributed by atoms with Gasteiger partial charge in [-0.3, -0.25) is 0 Å². The minimum atomic E-state index is 0.00815. The first-order valence-corrected chi connectivity index (χ1v) is 3.31. The van der Waals surface area contributed by atoms with E-state index in [4.69, 9.17) is 17.3 Å². The molecule has 0 spiro atoms. The third-order valence-corrected chi connectivity index (χ3v) is 1.13. The minimum absolute atomic E-state index is 0.00815. The van der Waals surface area contributed by atoms with E-state index in [0.29, 0.717) is 0 Å². The monoisotopic (exact) mass is 208 g/mol. The molecular weight excluding hydrogens is 203 g/mol. The zero-order valence-corrected chi connectivity index (χ0v) is 6.98. The number of rotatable bonds is 2. The van der Waals surface area contributed by atoms with Gasteiger partial charge in [0.05, 0.1) is 0 Å². The molecule has 0 unspecified atom stereocenters. The Kier molecular flexibility index (Phi) is 4.44. The van der Waals surface area contributed by atoms with Crippen LogP contribution in [0, 0.1) is 0 Å². The summed E-state index contributed by atoms with van der Waals surface area (Å²) in [6.07, 6.45) is 3.05. The van der Waals surface area contributed by atoms with E-state index in [1.807, 2.05) is 0 Å². The van der Waals surface area contributed by atoms with Crippen molar-refractivity contribution >= 4 is 32.8 Å². The van der Waals surface area contributed by atoms with Crippen molar-refractivity contribution in [3.63, 3.8) is 0 Å². The summed E-state index contributed by atoms with van der Waals surface area (Å²) in [5, 5.41) is 0.00815. The molecule has 2 nitrogen and oxygen atoms in total. The summed E-state index contributed by atoms with van der Waals surface area (Å²) in [7, 11) is 0. The van der Waals surface area contributed by atoms with Gasteiger partial charge < -0.3 is 5.73 Å². The van der Waals surface area contributed by atoms with Crippen LogP contribution in [0.1, 0.15) is 0 Å². The molecule has 0 saturated heterocycles. The third-order valence-electron chi connectivity index (χ3n) is 0.506. The van der Waals surface area contributed by atoms with Gasteiger partial charge in [0.2, 0.25) is 0 Å². The van der Waals surface area contributed by atoms with E-state index in [1.165, 1.54) is 6.20 Å². The average Bonchev–Trinajstić information content (AvgIpc) is 1.83. The third kappa shape index (κ3) is 5.59. The molecule has 0 aliphatic heterocycles. The van der Waals surface area contributed by atoms with Crippen molar-refractivity contribution in [1.82, 2.24) is 0 Å². The molecule has 9 heavy (non-hydrogen) atoms. The fourth-order valence-corrected chi connectivity index (χ4v) is 0.327. The van der Waals surface area contributed by atoms with E-state index in [2.05, 4.69) is 27.5 Å². The lowest BCUT2D eigenvalue weighted by molar-refractivity contribution is 1.53. The molecular formula is C5H6BrClN2. The van der Waals surface area contributed by atoms with Crippen LogP contribution in [0.2, 0.25) is 0 Å². The second-order valence-corrected chi connectivity index (χ2v) is 2.47. The van der Waals surface area contributed by atoms with Gasteiger partial charge in [0.1, 0.15) is 0 Å². The number of hydrogen-bond donors (Lipinski definition) is 1. The molecule has 0 bridgehead atoms. The number of nitrogens with zero attached hydrogens (tertiary/aromatic N) is 1. The maximum absolute atomic E-state index is 5.21. The summed E-state index contributed by atoms with van der Waals surface area (Å²) in [5.74, 6) is 0. The number of allylic oxidation sites excluding steroid dienone is 2. The Bertz CT molecular complexity index is 158. The van der Waals surface area contributed by atoms with Crippen LogP contribution in [0.4, 0.5) is 0 Å². The van der Waals surface area contributed by atoms with Gasteiger partial charge in [0.25, 0.3) is 0 Å². The van der Waals surface area contributed by atoms with E-state index < -0.39 is 0 Å². The summed E-state index contributed by atoms with van der Waals surface area (Å²) >= 11 is 8.33. The van der Waals surface area contributed by atoms with Crippen LogP contribution in [-0.2, 0) is 0 Å². The zero-order valence-electron chi connectivity index (χ0n) is 4.64. The van der Waals surface area contributed by atoms with Gasteiger partial charge in [0, 0.05) is 10.7 Å². The van der Waals surface area contributed by atoms with Crippen molar-refractivity contribution in [2.75, 3.05) is 0 Å². The van der Waals surface area contributed by atoms with Crippen LogP contribution in [0.25, 0.3) is 0 Å². The Labute approximate surface area is 67.2 Å². The highest BCUT2D eigenvalue weighted by Gasteiger charge is 1.79. The SMILES string of the molecule is C=C/C(Br)=C\N=C(N)Cl. The van der Waals surface area contributed by atoms with E-state index in [9.17, 15) is 0 Å². The van der Waals surface area contributed by atoms with Gasteiger partial charge in [-0.05, 0) is 27.5 Å². The fraction of sp³-hybridized carbons (Fsp3) is 0. The van der Waals surface area contributed by atoms with E-state index in [-0.39, 0.29) is 5.29 Å². The number of amidine groups is 1. The number of aliphatic imine (C=N–C) groups is 1. The molecule has 0 radical (unpaired) electrons. The molecule has 2 N–H and O–H groups in total. The first-order valence-electron chi connectivity index (χ1n) is 2.13. The number of halogens is 2. The molecule has 0 aliphatic carbocycles. The Morgan fingerprint density at radius 3 is 2.67 bits per heavy atom. The predicted molar refractivity (Wildman–Crippen MR) is 44.7 cm³/mol. The minimum Gasteiger partial charge on any atom is -0.374 e. The highest BCUT2D eigenvalue weighted by Crippen LogP contribution is 2.04. The second kappa shape index (κ2) is 4.58. The van der Waals surface area contributed by atoms with Crippen LogP contribution < -0.4 is 5.73 Å². The maximum Gasteiger partial charge on any atom is 0.193 e. The molecule has 50 valence electrons. The lowest BCUT2D eigenvalue weighted by atomic mass is 10.6. The lowest BCUT2D eigenvalue weighted by Gasteiger charge is -1.82. The summed E-state index contributed by atoms with van der Waals surface area (Å²) in [4.78, 5) is 3.58. The van der Waals surface area contributed by atoms with Crippen molar-refractivity contribution in [1.29, 1.82) is 0 Å². The molecule has 0 heterocycles. The quantitative estimate of drug-likeness (QED) is 0.321. The first-order chi connectivity index (χ1) is 4.16. The van der Waals surface area contributed by atoms with Crippen LogP contribution in [-0.4, -0.2) is 5.29 Å². The maximum atomic E-state index is 5.21. The van der Waals surface area contributed by atoms with Crippen LogP contribution in [0.3, 0.4) is 0 Å².